The lowest BCUT2D eigenvalue weighted by Crippen LogP contribution is -2.49. The van der Waals surface area contributed by atoms with Crippen LogP contribution in [-0.4, -0.2) is 30.7 Å². The van der Waals surface area contributed by atoms with Crippen LogP contribution in [0, 0.1) is 12.8 Å². The highest BCUT2D eigenvalue weighted by Gasteiger charge is 2.35. The molecule has 1 aliphatic rings. The molecule has 1 aliphatic heterocycles. The predicted octanol–water partition coefficient (Wildman–Crippen LogP) is 1.31. The Kier molecular flexibility index (Phi) is 1.90. The van der Waals surface area contributed by atoms with Crippen molar-refractivity contribution in [3.8, 4) is 0 Å². The van der Waals surface area contributed by atoms with Gasteiger partial charge in [0.2, 0.25) is 0 Å². The lowest BCUT2D eigenvalue weighted by molar-refractivity contribution is -0.156. The molecule has 1 nitrogen and oxygen atoms in total. The third kappa shape index (κ3) is 2.17. The smallest absolute Gasteiger partial charge is 0.294 e. The third-order valence-electron chi connectivity index (χ3n) is 1.44. The number of halogens is 3. The van der Waals surface area contributed by atoms with E-state index in [-0.39, 0.29) is 5.92 Å². The molecule has 1 fully saturated rings. The molecule has 1 saturated heterocycles. The van der Waals surface area contributed by atoms with Crippen LogP contribution in [0.15, 0.2) is 0 Å². The second-order valence-corrected chi connectivity index (χ2v) is 2.68. The largest absolute Gasteiger partial charge is 0.401 e. The zero-order chi connectivity index (χ0) is 7.78. The van der Waals surface area contributed by atoms with E-state index in [0.29, 0.717) is 13.1 Å². The Morgan fingerprint density at radius 2 is 1.90 bits per heavy atom. The van der Waals surface area contributed by atoms with E-state index in [0.717, 1.165) is 0 Å². The first kappa shape index (κ1) is 7.85. The van der Waals surface area contributed by atoms with Gasteiger partial charge in [0.25, 0.3) is 0 Å². The number of nitrogens with zero attached hydrogens (tertiary/aromatic N) is 1. The third-order valence-corrected chi connectivity index (χ3v) is 1.44. The second kappa shape index (κ2) is 2.42. The topological polar surface area (TPSA) is 3.24 Å². The lowest BCUT2D eigenvalue weighted by atomic mass is 10.0. The van der Waals surface area contributed by atoms with E-state index in [4.69, 9.17) is 0 Å². The molecule has 0 N–H and O–H groups in total. The Hall–Kier alpha value is -0.250. The minimum atomic E-state index is -4.04. The van der Waals surface area contributed by atoms with Crippen LogP contribution in [0.25, 0.3) is 0 Å². The van der Waals surface area contributed by atoms with E-state index in [2.05, 4.69) is 6.92 Å². The molecular weight excluding hydrogens is 143 g/mol. The molecule has 4 heteroatoms. The summed E-state index contributed by atoms with van der Waals surface area (Å²) in [4.78, 5) is 1.34. The summed E-state index contributed by atoms with van der Waals surface area (Å²) in [5.74, 6) is 0.197. The van der Waals surface area contributed by atoms with Gasteiger partial charge in [-0.15, -0.1) is 0 Å². The first-order valence-electron chi connectivity index (χ1n) is 3.09. The van der Waals surface area contributed by atoms with Gasteiger partial charge in [0.1, 0.15) is 0 Å². The van der Waals surface area contributed by atoms with E-state index in [1.54, 1.807) is 0 Å². The molecule has 0 bridgehead atoms. The highest BCUT2D eigenvalue weighted by Crippen LogP contribution is 2.22. The van der Waals surface area contributed by atoms with E-state index in [1.807, 2.05) is 0 Å². The van der Waals surface area contributed by atoms with Crippen LogP contribution < -0.4 is 0 Å². The van der Waals surface area contributed by atoms with Crippen LogP contribution in [0.1, 0.15) is 0 Å². The Bertz CT molecular complexity index is 115. The molecule has 0 aliphatic carbocycles. The number of rotatable bonds is 1. The lowest BCUT2D eigenvalue weighted by Gasteiger charge is -2.37. The summed E-state index contributed by atoms with van der Waals surface area (Å²) in [6.45, 7) is 3.81. The van der Waals surface area contributed by atoms with Gasteiger partial charge in [-0.25, -0.2) is 0 Å². The van der Waals surface area contributed by atoms with Crippen LogP contribution in [0.5, 0.6) is 0 Å². The quantitative estimate of drug-likeness (QED) is 0.547. The zero-order valence-electron chi connectivity index (χ0n) is 5.49. The van der Waals surface area contributed by atoms with Crippen molar-refractivity contribution < 1.29 is 13.2 Å². The number of likely N-dealkylation sites (tertiary alicyclic amines) is 1. The summed E-state index contributed by atoms with van der Waals surface area (Å²) in [6.07, 6.45) is -4.04. The second-order valence-electron chi connectivity index (χ2n) is 2.68. The van der Waals surface area contributed by atoms with Crippen LogP contribution in [0.2, 0.25) is 0 Å². The van der Waals surface area contributed by atoms with Crippen molar-refractivity contribution in [1.82, 2.24) is 4.90 Å². The molecule has 0 aromatic carbocycles. The highest BCUT2D eigenvalue weighted by atomic mass is 19.4. The van der Waals surface area contributed by atoms with Crippen molar-refractivity contribution in [2.45, 2.75) is 6.18 Å². The predicted molar refractivity (Wildman–Crippen MR) is 31.3 cm³/mol. The van der Waals surface area contributed by atoms with Gasteiger partial charge in [0.05, 0.1) is 6.54 Å². The highest BCUT2D eigenvalue weighted by molar-refractivity contribution is 4.82. The molecule has 0 saturated carbocycles. The van der Waals surface area contributed by atoms with Crippen molar-refractivity contribution in [1.29, 1.82) is 0 Å². The van der Waals surface area contributed by atoms with Crippen molar-refractivity contribution in [3.05, 3.63) is 6.92 Å². The summed E-state index contributed by atoms with van der Waals surface area (Å²) in [7, 11) is 0. The zero-order valence-corrected chi connectivity index (χ0v) is 5.49. The number of hydrogen-bond acceptors (Lipinski definition) is 1. The van der Waals surface area contributed by atoms with Crippen LogP contribution in [0.3, 0.4) is 0 Å². The SMILES string of the molecule is [CH2]C1CN(CC(F)(F)F)C1. The van der Waals surface area contributed by atoms with Gasteiger partial charge in [-0.1, -0.05) is 0 Å². The van der Waals surface area contributed by atoms with E-state index in [1.165, 1.54) is 4.90 Å². The summed E-state index contributed by atoms with van der Waals surface area (Å²) in [5.41, 5.74) is 0. The molecule has 0 spiro atoms. The fraction of sp³-hybridized carbons (Fsp3) is 0.833. The van der Waals surface area contributed by atoms with Gasteiger partial charge in [-0.05, 0) is 12.8 Å². The maximum atomic E-state index is 11.6. The average Bonchev–Trinajstić information content (AvgIpc) is 1.57. The van der Waals surface area contributed by atoms with Gasteiger partial charge in [-0.3, -0.25) is 4.90 Å². The number of hydrogen-bond donors (Lipinski definition) is 0. The minimum Gasteiger partial charge on any atom is -0.294 e. The van der Waals surface area contributed by atoms with Gasteiger partial charge in [0.15, 0.2) is 0 Å². The molecule has 10 heavy (non-hydrogen) atoms. The standard InChI is InChI=1S/C6H9F3N/c1-5-2-10(3-5)4-6(7,8)9/h5H,1-4H2. The van der Waals surface area contributed by atoms with Crippen LogP contribution in [-0.2, 0) is 0 Å². The van der Waals surface area contributed by atoms with E-state index >= 15 is 0 Å². The molecule has 0 atom stereocenters. The normalized spacial score (nSPS) is 22.8. The monoisotopic (exact) mass is 152 g/mol. The van der Waals surface area contributed by atoms with Crippen molar-refractivity contribution >= 4 is 0 Å². The Labute approximate surface area is 57.8 Å². The van der Waals surface area contributed by atoms with Crippen molar-refractivity contribution in [2.75, 3.05) is 19.6 Å². The maximum Gasteiger partial charge on any atom is 0.401 e. The van der Waals surface area contributed by atoms with Gasteiger partial charge in [-0.2, -0.15) is 13.2 Å². The fourth-order valence-electron chi connectivity index (χ4n) is 1.06. The van der Waals surface area contributed by atoms with E-state index in [9.17, 15) is 13.2 Å². The molecule has 1 heterocycles. The first-order chi connectivity index (χ1) is 4.47. The van der Waals surface area contributed by atoms with Crippen molar-refractivity contribution in [3.63, 3.8) is 0 Å². The van der Waals surface area contributed by atoms with Crippen LogP contribution >= 0.6 is 0 Å². The Morgan fingerprint density at radius 3 is 2.20 bits per heavy atom. The summed E-state index contributed by atoms with van der Waals surface area (Å²) < 4.78 is 34.8. The van der Waals surface area contributed by atoms with Gasteiger partial charge >= 0.3 is 6.18 Å². The summed E-state index contributed by atoms with van der Waals surface area (Å²) in [6, 6.07) is 0. The van der Waals surface area contributed by atoms with Gasteiger partial charge in [0, 0.05) is 13.1 Å². The molecule has 1 rings (SSSR count). The minimum absolute atomic E-state index is 0.197. The van der Waals surface area contributed by atoms with Gasteiger partial charge < -0.3 is 0 Å². The Morgan fingerprint density at radius 1 is 1.40 bits per heavy atom. The molecular formula is C6H9F3N. The van der Waals surface area contributed by atoms with E-state index < -0.39 is 12.7 Å². The molecule has 59 valence electrons. The molecule has 0 aromatic rings. The summed E-state index contributed by atoms with van der Waals surface area (Å²) in [5, 5.41) is 0. The average molecular weight is 152 g/mol. The maximum absolute atomic E-state index is 11.6. The molecule has 0 unspecified atom stereocenters. The van der Waals surface area contributed by atoms with Crippen LogP contribution in [0.4, 0.5) is 13.2 Å². The molecule has 1 radical (unpaired) electrons. The Balaban J connectivity index is 2.16. The number of alkyl halides is 3. The molecule has 0 aromatic heterocycles. The fourth-order valence-corrected chi connectivity index (χ4v) is 1.06. The first-order valence-corrected chi connectivity index (χ1v) is 3.09. The molecule has 0 amide bonds. The van der Waals surface area contributed by atoms with Crippen molar-refractivity contribution in [2.24, 2.45) is 5.92 Å². The summed E-state index contributed by atoms with van der Waals surface area (Å²) >= 11 is 0.